The van der Waals surface area contributed by atoms with Crippen LogP contribution in [0.4, 0.5) is 0 Å². The molecule has 11 heteroatoms. The maximum absolute atomic E-state index is 8.89. The van der Waals surface area contributed by atoms with Crippen molar-refractivity contribution in [3.05, 3.63) is 0 Å². The zero-order valence-corrected chi connectivity index (χ0v) is 12.0. The number of rotatable bonds is 0. The van der Waals surface area contributed by atoms with Gasteiger partial charge in [-0.05, 0) is 20.8 Å². The number of aliphatic carboxylic acids is 3. The first kappa shape index (κ1) is 54.7. The summed E-state index contributed by atoms with van der Waals surface area (Å²) in [6, 6.07) is 0. The second kappa shape index (κ2) is 45.0. The van der Waals surface area contributed by atoms with E-state index in [0.717, 1.165) is 20.8 Å². The Kier molecular flexibility index (Phi) is 145. The minimum Gasteiger partial charge on any atom is -0.550 e. The van der Waals surface area contributed by atoms with Crippen LogP contribution >= 0.6 is 0 Å². The molecule has 107 valence electrons. The van der Waals surface area contributed by atoms with Gasteiger partial charge in [-0.15, -0.1) is 0 Å². The first-order valence-electron chi connectivity index (χ1n) is 2.72. The van der Waals surface area contributed by atoms with E-state index in [4.69, 9.17) is 29.7 Å². The minimum atomic E-state index is -1.08. The van der Waals surface area contributed by atoms with Gasteiger partial charge in [0.2, 0.25) is 0 Å². The molecule has 0 aliphatic heterocycles. The van der Waals surface area contributed by atoms with Crippen molar-refractivity contribution in [1.82, 2.24) is 0 Å². The second-order valence-corrected chi connectivity index (χ2v) is 1.47. The summed E-state index contributed by atoms with van der Waals surface area (Å²) in [5, 5.41) is 26.7. The van der Waals surface area contributed by atoms with Crippen LogP contribution in [0.3, 0.4) is 0 Å². The van der Waals surface area contributed by atoms with Crippen LogP contribution in [0, 0.1) is 40.4 Å². The smallest absolute Gasteiger partial charge is 0.550 e. The summed E-state index contributed by atoms with van der Waals surface area (Å²) in [4.78, 5) is 26.7. The van der Waals surface area contributed by atoms with Gasteiger partial charge in [0.25, 0.3) is 0 Å². The van der Waals surface area contributed by atoms with Crippen molar-refractivity contribution in [3.63, 3.8) is 0 Å². The van der Waals surface area contributed by atoms with Gasteiger partial charge in [0.05, 0.1) is 0 Å². The van der Waals surface area contributed by atoms with Gasteiger partial charge in [-0.3, -0.25) is 0 Å². The molecule has 0 unspecified atom stereocenters. The first-order chi connectivity index (χ1) is 5.20. The molecular formula is C6H17O10Sm. The van der Waals surface area contributed by atoms with E-state index in [9.17, 15) is 0 Å². The zero-order valence-electron chi connectivity index (χ0n) is 9.36. The molecule has 0 aromatic rings. The van der Waals surface area contributed by atoms with Gasteiger partial charge in [-0.25, -0.2) is 0 Å². The average Bonchev–Trinajstić information content (AvgIpc) is 1.54. The molecule has 0 bridgehead atoms. The summed E-state index contributed by atoms with van der Waals surface area (Å²) >= 11 is 0. The number of carbonyl (C=O) groups is 3. The summed E-state index contributed by atoms with van der Waals surface area (Å²) in [5.41, 5.74) is 0. The van der Waals surface area contributed by atoms with E-state index in [-0.39, 0.29) is 62.3 Å². The van der Waals surface area contributed by atoms with Gasteiger partial charge in [0.1, 0.15) is 0 Å². The molecule has 0 saturated heterocycles. The fraction of sp³-hybridized carbons (Fsp3) is 0.500. The summed E-state index contributed by atoms with van der Waals surface area (Å²) in [6.45, 7) is 2.92. The predicted octanol–water partition coefficient (Wildman–Crippen LogP) is -7.03. The van der Waals surface area contributed by atoms with Crippen LogP contribution < -0.4 is 15.3 Å². The minimum absolute atomic E-state index is 0. The van der Waals surface area contributed by atoms with Crippen molar-refractivity contribution in [1.29, 1.82) is 0 Å². The van der Waals surface area contributed by atoms with E-state index in [0.29, 0.717) is 0 Å². The third kappa shape index (κ3) is 16900. The van der Waals surface area contributed by atoms with Crippen molar-refractivity contribution in [2.24, 2.45) is 0 Å². The van der Waals surface area contributed by atoms with Crippen molar-refractivity contribution >= 4 is 17.9 Å². The van der Waals surface area contributed by atoms with E-state index >= 15 is 0 Å². The van der Waals surface area contributed by atoms with E-state index in [1.54, 1.807) is 0 Å². The second-order valence-electron chi connectivity index (χ2n) is 1.47. The Morgan fingerprint density at radius 1 is 0.588 bits per heavy atom. The van der Waals surface area contributed by atoms with Crippen LogP contribution in [0.1, 0.15) is 20.8 Å². The molecule has 8 N–H and O–H groups in total. The van der Waals surface area contributed by atoms with Crippen LogP contribution in [0.2, 0.25) is 0 Å². The third-order valence-corrected chi connectivity index (χ3v) is 0. The van der Waals surface area contributed by atoms with Gasteiger partial charge >= 0.3 is 40.4 Å². The van der Waals surface area contributed by atoms with Gasteiger partial charge in [-0.1, -0.05) is 0 Å². The van der Waals surface area contributed by atoms with Crippen LogP contribution in [0.15, 0.2) is 0 Å². The number of hydrogen-bond donors (Lipinski definition) is 0. The number of hydrogen-bond acceptors (Lipinski definition) is 6. The van der Waals surface area contributed by atoms with Gasteiger partial charge in [0.15, 0.2) is 0 Å². The number of carbonyl (C=O) groups excluding carboxylic acids is 3. The molecule has 0 atom stereocenters. The standard InChI is InChI=1S/3C2H4O2.4H2O.Sm/c3*1-2(3)4;;;;;/h3*1H3,(H,3,4);4*1H2;/q;;;;;;;+3/p-3. The summed E-state index contributed by atoms with van der Waals surface area (Å²) in [5.74, 6) is -3.25. The van der Waals surface area contributed by atoms with E-state index in [2.05, 4.69) is 0 Å². The predicted molar refractivity (Wildman–Crippen MR) is 46.5 cm³/mol. The summed E-state index contributed by atoms with van der Waals surface area (Å²) < 4.78 is 0. The molecule has 0 amide bonds. The van der Waals surface area contributed by atoms with Gasteiger partial charge in [0, 0.05) is 17.9 Å². The van der Waals surface area contributed by atoms with Crippen molar-refractivity contribution in [2.75, 3.05) is 0 Å². The molecule has 0 aliphatic rings. The SMILES string of the molecule is CC(=O)[O-].CC(=O)[O-].CC(=O)[O-].O.O.O.O.[Sm+3]. The fourth-order valence-electron chi connectivity index (χ4n) is 0. The molecule has 0 aromatic heterocycles. The van der Waals surface area contributed by atoms with Crippen LogP contribution in [0.5, 0.6) is 0 Å². The summed E-state index contributed by atoms with van der Waals surface area (Å²) in [7, 11) is 0. The molecule has 17 heavy (non-hydrogen) atoms. The van der Waals surface area contributed by atoms with E-state index < -0.39 is 17.9 Å². The quantitative estimate of drug-likeness (QED) is 0.382. The van der Waals surface area contributed by atoms with Crippen LogP contribution in [-0.4, -0.2) is 39.8 Å². The van der Waals surface area contributed by atoms with Crippen LogP contribution in [0.25, 0.3) is 0 Å². The largest absolute Gasteiger partial charge is 3.00 e. The molecule has 0 spiro atoms. The first-order valence-corrected chi connectivity index (χ1v) is 2.72. The monoisotopic (exact) mass is 401 g/mol. The molecule has 10 nitrogen and oxygen atoms in total. The maximum Gasteiger partial charge on any atom is 3.00 e. The molecule has 0 heterocycles. The Bertz CT molecular complexity index is 118. The zero-order chi connectivity index (χ0) is 10.7. The number of carboxylic acids is 3. The molecule has 0 aromatic carbocycles. The molecular weight excluding hydrogens is 382 g/mol. The Hall–Kier alpha value is -0.412. The fourth-order valence-corrected chi connectivity index (χ4v) is 0. The number of carboxylic acid groups (broad SMARTS) is 3. The van der Waals surface area contributed by atoms with Crippen molar-refractivity contribution < 1.29 is 92.0 Å². The van der Waals surface area contributed by atoms with Crippen LogP contribution in [-0.2, 0) is 14.4 Å². The maximum atomic E-state index is 8.89. The summed E-state index contributed by atoms with van der Waals surface area (Å²) in [6.07, 6.45) is 0. The molecule has 0 rings (SSSR count). The molecule has 0 fully saturated rings. The van der Waals surface area contributed by atoms with Crippen molar-refractivity contribution in [3.8, 4) is 0 Å². The normalized spacial score (nSPS) is 4.41. The van der Waals surface area contributed by atoms with Gasteiger partial charge < -0.3 is 51.6 Å². The van der Waals surface area contributed by atoms with E-state index in [1.165, 1.54) is 0 Å². The third-order valence-electron chi connectivity index (χ3n) is 0. The molecule has 1 radical (unpaired) electrons. The Balaban J connectivity index is -0.0000000104. The van der Waals surface area contributed by atoms with Crippen molar-refractivity contribution in [2.45, 2.75) is 20.8 Å². The Morgan fingerprint density at radius 3 is 0.588 bits per heavy atom. The van der Waals surface area contributed by atoms with Gasteiger partial charge in [-0.2, -0.15) is 0 Å². The Morgan fingerprint density at radius 2 is 0.588 bits per heavy atom. The Labute approximate surface area is 130 Å². The average molecular weight is 400 g/mol. The van der Waals surface area contributed by atoms with E-state index in [1.807, 2.05) is 0 Å². The molecule has 0 aliphatic carbocycles. The molecule has 0 saturated carbocycles. The topological polar surface area (TPSA) is 246 Å².